The van der Waals surface area contributed by atoms with Gasteiger partial charge >= 0.3 is 0 Å². The molecule has 1 rings (SSSR count). The smallest absolute Gasteiger partial charge is 0.129 e. The van der Waals surface area contributed by atoms with Crippen molar-refractivity contribution >= 4 is 8.07 Å². The Morgan fingerprint density at radius 1 is 1.09 bits per heavy atom. The highest BCUT2D eigenvalue weighted by molar-refractivity contribution is 6.83. The quantitative estimate of drug-likeness (QED) is 0.379. The van der Waals surface area contributed by atoms with E-state index in [4.69, 9.17) is 0 Å². The summed E-state index contributed by atoms with van der Waals surface area (Å²) in [7, 11) is -1.15. The zero-order valence-corrected chi connectivity index (χ0v) is 8.39. The van der Waals surface area contributed by atoms with Crippen LogP contribution in [-0.4, -0.2) is 8.07 Å². The third-order valence-electron chi connectivity index (χ3n) is 1.36. The summed E-state index contributed by atoms with van der Waals surface area (Å²) in [6.45, 7) is 6.80. The van der Waals surface area contributed by atoms with E-state index < -0.39 is 8.07 Å². The van der Waals surface area contributed by atoms with E-state index in [1.165, 1.54) is 0 Å². The summed E-state index contributed by atoms with van der Waals surface area (Å²) in [6, 6.07) is 0. The van der Waals surface area contributed by atoms with Gasteiger partial charge in [-0.2, -0.15) is 0 Å². The van der Waals surface area contributed by atoms with E-state index in [0.717, 1.165) is 0 Å². The fourth-order valence-electron chi connectivity index (χ4n) is 0.828. The Bertz CT molecular complexity index is 230. The maximum Gasteiger partial charge on any atom is 0.129 e. The molecule has 0 fully saturated rings. The van der Waals surface area contributed by atoms with Gasteiger partial charge in [-0.1, -0.05) is 49.9 Å². The Morgan fingerprint density at radius 2 is 1.64 bits per heavy atom. The van der Waals surface area contributed by atoms with Crippen molar-refractivity contribution in [1.82, 2.24) is 0 Å². The zero-order chi connectivity index (χ0) is 8.32. The molecule has 0 nitrogen and oxygen atoms in total. The average molecular weight is 162 g/mol. The molecule has 0 aromatic heterocycles. The second-order valence-corrected chi connectivity index (χ2v) is 8.56. The monoisotopic (exact) mass is 162 g/mol. The van der Waals surface area contributed by atoms with Crippen molar-refractivity contribution in [2.45, 2.75) is 19.6 Å². The highest BCUT2D eigenvalue weighted by Gasteiger charge is 2.08. The highest BCUT2D eigenvalue weighted by atomic mass is 28.3. The van der Waals surface area contributed by atoms with Crippen LogP contribution in [0.4, 0.5) is 0 Å². The van der Waals surface area contributed by atoms with E-state index in [2.05, 4.69) is 55.4 Å². The van der Waals surface area contributed by atoms with E-state index in [-0.39, 0.29) is 0 Å². The number of rotatable bonds is 0. The molecule has 1 heteroatoms. The third kappa shape index (κ3) is 3.24. The Hall–Kier alpha value is -0.743. The van der Waals surface area contributed by atoms with Gasteiger partial charge in [0, 0.05) is 0 Å². The largest absolute Gasteiger partial charge is 0.131 e. The lowest BCUT2D eigenvalue weighted by atomic mass is 10.2. The minimum Gasteiger partial charge on any atom is -0.131 e. The van der Waals surface area contributed by atoms with E-state index in [1.807, 2.05) is 0 Å². The predicted molar refractivity (Wildman–Crippen MR) is 52.9 cm³/mol. The standard InChI is InChI=1S/C10H14Si/c1-11(2,3)9-8-10-6-4-5-7-10/h4-7,10H,1-3H3. The van der Waals surface area contributed by atoms with E-state index >= 15 is 0 Å². The average Bonchev–Trinajstić information content (AvgIpc) is 2.32. The number of hydrogen-bond acceptors (Lipinski definition) is 0. The maximum absolute atomic E-state index is 3.35. The Balaban J connectivity index is 2.57. The third-order valence-corrected chi connectivity index (χ3v) is 2.26. The van der Waals surface area contributed by atoms with Crippen LogP contribution in [0.2, 0.25) is 19.6 Å². The molecule has 0 saturated carbocycles. The van der Waals surface area contributed by atoms with Crippen LogP contribution in [-0.2, 0) is 0 Å². The first-order valence-electron chi connectivity index (χ1n) is 3.96. The van der Waals surface area contributed by atoms with Crippen LogP contribution in [0.3, 0.4) is 0 Å². The van der Waals surface area contributed by atoms with Crippen LogP contribution in [0.5, 0.6) is 0 Å². The SMILES string of the molecule is C[Si](C)(C)C#CC1C=CC=C1. The minimum absolute atomic E-state index is 0.390. The van der Waals surface area contributed by atoms with Gasteiger partial charge in [0.05, 0.1) is 5.92 Å². The summed E-state index contributed by atoms with van der Waals surface area (Å²) < 4.78 is 0. The molecule has 11 heavy (non-hydrogen) atoms. The summed E-state index contributed by atoms with van der Waals surface area (Å²) in [5.74, 6) is 3.65. The molecule has 0 aliphatic heterocycles. The Labute approximate surface area is 70.0 Å². The van der Waals surface area contributed by atoms with Crippen molar-refractivity contribution in [3.63, 3.8) is 0 Å². The fraction of sp³-hybridized carbons (Fsp3) is 0.400. The predicted octanol–water partition coefficient (Wildman–Crippen LogP) is 2.61. The van der Waals surface area contributed by atoms with Crippen molar-refractivity contribution in [3.8, 4) is 11.5 Å². The molecule has 0 heterocycles. The fourth-order valence-corrected chi connectivity index (χ4v) is 1.43. The van der Waals surface area contributed by atoms with E-state index in [9.17, 15) is 0 Å². The van der Waals surface area contributed by atoms with Crippen LogP contribution in [0.15, 0.2) is 24.3 Å². The summed E-state index contributed by atoms with van der Waals surface area (Å²) in [5, 5.41) is 0. The second kappa shape index (κ2) is 3.10. The molecule has 1 aliphatic rings. The lowest BCUT2D eigenvalue weighted by Gasteiger charge is -2.03. The summed E-state index contributed by atoms with van der Waals surface area (Å²) in [6.07, 6.45) is 8.38. The number of allylic oxidation sites excluding steroid dienone is 4. The van der Waals surface area contributed by atoms with E-state index in [0.29, 0.717) is 5.92 Å². The van der Waals surface area contributed by atoms with Gasteiger partial charge in [-0.15, -0.1) is 5.54 Å². The van der Waals surface area contributed by atoms with Crippen LogP contribution in [0.1, 0.15) is 0 Å². The van der Waals surface area contributed by atoms with Gasteiger partial charge < -0.3 is 0 Å². The number of hydrogen-bond donors (Lipinski definition) is 0. The topological polar surface area (TPSA) is 0 Å². The Morgan fingerprint density at radius 3 is 2.09 bits per heavy atom. The van der Waals surface area contributed by atoms with Gasteiger partial charge in [0.15, 0.2) is 0 Å². The second-order valence-electron chi connectivity index (χ2n) is 3.81. The summed E-state index contributed by atoms with van der Waals surface area (Å²) >= 11 is 0. The van der Waals surface area contributed by atoms with Crippen molar-refractivity contribution < 1.29 is 0 Å². The molecule has 0 amide bonds. The molecule has 0 aromatic carbocycles. The maximum atomic E-state index is 3.35. The van der Waals surface area contributed by atoms with Crippen LogP contribution < -0.4 is 0 Å². The van der Waals surface area contributed by atoms with Gasteiger partial charge in [-0.25, -0.2) is 0 Å². The first kappa shape index (κ1) is 8.35. The molecule has 0 unspecified atom stereocenters. The molecule has 58 valence electrons. The molecule has 0 atom stereocenters. The van der Waals surface area contributed by atoms with Crippen molar-refractivity contribution in [3.05, 3.63) is 24.3 Å². The summed E-state index contributed by atoms with van der Waals surface area (Å²) in [4.78, 5) is 0. The van der Waals surface area contributed by atoms with Gasteiger partial charge in [0.25, 0.3) is 0 Å². The van der Waals surface area contributed by atoms with Crippen LogP contribution >= 0.6 is 0 Å². The molecular weight excluding hydrogens is 148 g/mol. The lowest BCUT2D eigenvalue weighted by molar-refractivity contribution is 1.15. The van der Waals surface area contributed by atoms with Gasteiger partial charge in [-0.3, -0.25) is 0 Å². The molecule has 0 spiro atoms. The lowest BCUT2D eigenvalue weighted by Crippen LogP contribution is -2.16. The van der Waals surface area contributed by atoms with Crippen LogP contribution in [0.25, 0.3) is 0 Å². The molecule has 1 aliphatic carbocycles. The highest BCUT2D eigenvalue weighted by Crippen LogP contribution is 2.07. The van der Waals surface area contributed by atoms with Crippen molar-refractivity contribution in [2.24, 2.45) is 5.92 Å². The molecule has 0 radical (unpaired) electrons. The van der Waals surface area contributed by atoms with Crippen molar-refractivity contribution in [1.29, 1.82) is 0 Å². The zero-order valence-electron chi connectivity index (χ0n) is 7.39. The van der Waals surface area contributed by atoms with Crippen LogP contribution in [0, 0.1) is 17.4 Å². The summed E-state index contributed by atoms with van der Waals surface area (Å²) in [5.41, 5.74) is 3.35. The Kier molecular flexibility index (Phi) is 2.36. The first-order valence-corrected chi connectivity index (χ1v) is 7.46. The van der Waals surface area contributed by atoms with Gasteiger partial charge in [0.2, 0.25) is 0 Å². The van der Waals surface area contributed by atoms with E-state index in [1.54, 1.807) is 0 Å². The normalized spacial score (nSPS) is 16.6. The molecule has 0 bridgehead atoms. The van der Waals surface area contributed by atoms with Gasteiger partial charge in [-0.05, 0) is 0 Å². The molecule has 0 aromatic rings. The first-order chi connectivity index (χ1) is 5.08. The van der Waals surface area contributed by atoms with Gasteiger partial charge in [0.1, 0.15) is 8.07 Å². The molecule has 0 N–H and O–H groups in total. The molecule has 0 saturated heterocycles. The minimum atomic E-state index is -1.15. The molecular formula is C10H14Si. The van der Waals surface area contributed by atoms with Crippen molar-refractivity contribution in [2.75, 3.05) is 0 Å².